The molecule has 2 N–H and O–H groups in total. The molecule has 0 radical (unpaired) electrons. The number of amides is 1. The van der Waals surface area contributed by atoms with E-state index in [9.17, 15) is 27.5 Å². The van der Waals surface area contributed by atoms with Crippen LogP contribution in [0.4, 0.5) is 17.6 Å². The average molecular weight is 507 g/mol. The summed E-state index contributed by atoms with van der Waals surface area (Å²) in [5.74, 6) is -0.903. The Bertz CT molecular complexity index is 1060. The molecule has 4 rings (SSSR count). The van der Waals surface area contributed by atoms with Gasteiger partial charge in [0, 0.05) is 12.6 Å². The van der Waals surface area contributed by atoms with E-state index in [0.717, 1.165) is 44.5 Å². The maximum atomic E-state index is 13.8. The maximum Gasteiger partial charge on any atom is 0.416 e. The lowest BCUT2D eigenvalue weighted by Crippen LogP contribution is -2.53. The van der Waals surface area contributed by atoms with E-state index < -0.39 is 34.5 Å². The molecule has 1 heterocycles. The fourth-order valence-corrected chi connectivity index (χ4v) is 5.96. The lowest BCUT2D eigenvalue weighted by atomic mass is 9.71. The summed E-state index contributed by atoms with van der Waals surface area (Å²) in [6, 6.07) is 12.9. The van der Waals surface area contributed by atoms with E-state index in [2.05, 4.69) is 34.5 Å². The summed E-state index contributed by atoms with van der Waals surface area (Å²) in [5, 5.41) is 13.7. The van der Waals surface area contributed by atoms with Crippen LogP contribution in [0.5, 0.6) is 0 Å². The monoisotopic (exact) mass is 506 g/mol. The molecule has 1 aliphatic carbocycles. The minimum absolute atomic E-state index is 0.0269. The van der Waals surface area contributed by atoms with Gasteiger partial charge in [0.15, 0.2) is 0 Å². The molecule has 0 spiro atoms. The van der Waals surface area contributed by atoms with Crippen molar-refractivity contribution in [1.29, 1.82) is 0 Å². The van der Waals surface area contributed by atoms with Gasteiger partial charge in [0.2, 0.25) is 5.91 Å². The number of aliphatic hydroxyl groups is 1. The first-order valence-electron chi connectivity index (χ1n) is 12.6. The zero-order valence-electron chi connectivity index (χ0n) is 20.7. The summed E-state index contributed by atoms with van der Waals surface area (Å²) in [7, 11) is 0. The molecule has 2 fully saturated rings. The molecule has 0 aromatic heterocycles. The van der Waals surface area contributed by atoms with Crippen molar-refractivity contribution < 1.29 is 27.5 Å². The van der Waals surface area contributed by atoms with E-state index in [-0.39, 0.29) is 18.2 Å². The number of benzene rings is 2. The molecular weight excluding hydrogens is 472 g/mol. The van der Waals surface area contributed by atoms with Crippen LogP contribution in [-0.2, 0) is 17.5 Å². The Morgan fingerprint density at radius 2 is 1.75 bits per heavy atom. The summed E-state index contributed by atoms with van der Waals surface area (Å²) in [6.07, 6.45) is -0.919. The van der Waals surface area contributed by atoms with Crippen LogP contribution in [0.3, 0.4) is 0 Å². The molecule has 1 saturated heterocycles. The summed E-state index contributed by atoms with van der Waals surface area (Å²) < 4.78 is 53.0. The first-order valence-corrected chi connectivity index (χ1v) is 12.6. The van der Waals surface area contributed by atoms with Crippen LogP contribution >= 0.6 is 0 Å². The van der Waals surface area contributed by atoms with Crippen molar-refractivity contribution in [2.24, 2.45) is 5.41 Å². The minimum atomic E-state index is -4.68. The third-order valence-electron chi connectivity index (χ3n) is 8.15. The highest BCUT2D eigenvalue weighted by molar-refractivity contribution is 5.84. The minimum Gasteiger partial charge on any atom is -0.389 e. The van der Waals surface area contributed by atoms with E-state index in [1.165, 1.54) is 5.56 Å². The lowest BCUT2D eigenvalue weighted by molar-refractivity contribution is -0.147. The van der Waals surface area contributed by atoms with Crippen LogP contribution in [0.15, 0.2) is 48.5 Å². The quantitative estimate of drug-likeness (QED) is 0.498. The number of halogens is 4. The smallest absolute Gasteiger partial charge is 0.389 e. The van der Waals surface area contributed by atoms with Gasteiger partial charge >= 0.3 is 6.18 Å². The number of likely N-dealkylation sites (tertiary alicyclic amines) is 1. The van der Waals surface area contributed by atoms with Crippen LogP contribution in [0.1, 0.15) is 68.6 Å². The van der Waals surface area contributed by atoms with Crippen LogP contribution in [0, 0.1) is 11.2 Å². The number of hydrogen-bond donors (Lipinski definition) is 2. The number of carbonyl (C=O) groups excluding carboxylic acids is 1. The first kappa shape index (κ1) is 26.6. The normalized spacial score (nSPS) is 24.1. The SMILES string of the molecule is CC(C)(O)[C@]1(C(=O)NCc2cc(F)cc(C(F)(F)F)c2)CCC(N2CCC(c3ccccc3)CC2)C1. The second-order valence-corrected chi connectivity index (χ2v) is 10.8. The molecule has 1 amide bonds. The molecule has 0 bridgehead atoms. The van der Waals surface area contributed by atoms with Crippen molar-refractivity contribution >= 4 is 5.91 Å². The number of rotatable bonds is 6. The molecule has 36 heavy (non-hydrogen) atoms. The number of piperidine rings is 1. The van der Waals surface area contributed by atoms with Crippen molar-refractivity contribution in [3.8, 4) is 0 Å². The van der Waals surface area contributed by atoms with Gasteiger partial charge in [0.1, 0.15) is 5.82 Å². The third-order valence-corrected chi connectivity index (χ3v) is 8.15. The molecule has 2 aromatic rings. The summed E-state index contributed by atoms with van der Waals surface area (Å²) in [4.78, 5) is 15.8. The van der Waals surface area contributed by atoms with Crippen molar-refractivity contribution in [3.05, 3.63) is 71.0 Å². The molecule has 1 aliphatic heterocycles. The highest BCUT2D eigenvalue weighted by Crippen LogP contribution is 2.49. The second-order valence-electron chi connectivity index (χ2n) is 10.8. The maximum absolute atomic E-state index is 13.8. The molecule has 8 heteroatoms. The summed E-state index contributed by atoms with van der Waals surface area (Å²) in [5.41, 5.74) is -2.12. The number of alkyl halides is 3. The highest BCUT2D eigenvalue weighted by Gasteiger charge is 2.55. The Labute approximate surface area is 209 Å². The van der Waals surface area contributed by atoms with E-state index in [0.29, 0.717) is 24.8 Å². The van der Waals surface area contributed by atoms with Crippen LogP contribution in [0.2, 0.25) is 0 Å². The second kappa shape index (κ2) is 10.1. The summed E-state index contributed by atoms with van der Waals surface area (Å²) in [6.45, 7) is 4.81. The Kier molecular flexibility index (Phi) is 7.49. The molecule has 1 unspecified atom stereocenters. The third kappa shape index (κ3) is 5.59. The molecule has 1 saturated carbocycles. The zero-order chi connectivity index (χ0) is 26.1. The van der Waals surface area contributed by atoms with Gasteiger partial charge in [-0.3, -0.25) is 4.79 Å². The number of nitrogens with zero attached hydrogens (tertiary/aromatic N) is 1. The Hall–Kier alpha value is -2.45. The predicted octanol–water partition coefficient (Wildman–Crippen LogP) is 5.65. The topological polar surface area (TPSA) is 52.6 Å². The first-order chi connectivity index (χ1) is 16.9. The van der Waals surface area contributed by atoms with E-state index in [1.807, 2.05) is 6.07 Å². The van der Waals surface area contributed by atoms with Crippen LogP contribution in [0.25, 0.3) is 0 Å². The van der Waals surface area contributed by atoms with Gasteiger partial charge in [0.25, 0.3) is 0 Å². The Morgan fingerprint density at radius 1 is 1.08 bits per heavy atom. The van der Waals surface area contributed by atoms with Gasteiger partial charge in [-0.25, -0.2) is 4.39 Å². The molecule has 196 valence electrons. The van der Waals surface area contributed by atoms with Gasteiger partial charge in [-0.05, 0) is 94.3 Å². The van der Waals surface area contributed by atoms with Crippen molar-refractivity contribution in [1.82, 2.24) is 10.2 Å². The zero-order valence-corrected chi connectivity index (χ0v) is 20.7. The van der Waals surface area contributed by atoms with E-state index in [4.69, 9.17) is 0 Å². The molecule has 4 nitrogen and oxygen atoms in total. The Balaban J connectivity index is 1.42. The molecule has 2 atom stereocenters. The molecule has 2 aromatic carbocycles. The van der Waals surface area contributed by atoms with Crippen molar-refractivity contribution in [3.63, 3.8) is 0 Å². The largest absolute Gasteiger partial charge is 0.416 e. The number of hydrogen-bond acceptors (Lipinski definition) is 3. The summed E-state index contributed by atoms with van der Waals surface area (Å²) >= 11 is 0. The number of carbonyl (C=O) groups is 1. The van der Waals surface area contributed by atoms with Crippen molar-refractivity contribution in [2.75, 3.05) is 13.1 Å². The standard InChI is InChI=1S/C28H34F4N2O2/c1-26(2,36)27(25(35)33-18-19-14-22(28(30,31)32)16-23(29)15-19)11-8-24(17-27)34-12-9-21(10-13-34)20-6-4-3-5-7-20/h3-7,14-16,21,24,36H,8-13,17-18H2,1-2H3,(H,33,35)/t24?,27-/m1/s1. The fraction of sp³-hybridized carbons (Fsp3) is 0.536. The van der Waals surface area contributed by atoms with Gasteiger partial charge < -0.3 is 15.3 Å². The van der Waals surface area contributed by atoms with Gasteiger partial charge in [0.05, 0.1) is 16.6 Å². The fourth-order valence-electron chi connectivity index (χ4n) is 5.96. The van der Waals surface area contributed by atoms with Crippen LogP contribution in [-0.4, -0.2) is 40.6 Å². The average Bonchev–Trinajstić information content (AvgIpc) is 3.30. The van der Waals surface area contributed by atoms with Gasteiger partial charge in [-0.2, -0.15) is 13.2 Å². The van der Waals surface area contributed by atoms with Crippen LogP contribution < -0.4 is 5.32 Å². The lowest BCUT2D eigenvalue weighted by Gasteiger charge is -2.41. The van der Waals surface area contributed by atoms with Gasteiger partial charge in [-0.15, -0.1) is 0 Å². The molecular formula is C28H34F4N2O2. The molecule has 2 aliphatic rings. The van der Waals surface area contributed by atoms with E-state index >= 15 is 0 Å². The van der Waals surface area contributed by atoms with Gasteiger partial charge in [-0.1, -0.05) is 30.3 Å². The number of nitrogens with one attached hydrogen (secondary N) is 1. The van der Waals surface area contributed by atoms with Crippen molar-refractivity contribution in [2.45, 2.75) is 76.2 Å². The van der Waals surface area contributed by atoms with E-state index in [1.54, 1.807) is 13.8 Å². The predicted molar refractivity (Wildman–Crippen MR) is 130 cm³/mol. The Morgan fingerprint density at radius 3 is 2.36 bits per heavy atom. The highest BCUT2D eigenvalue weighted by atomic mass is 19.4.